The van der Waals surface area contributed by atoms with E-state index in [0.29, 0.717) is 6.54 Å². The van der Waals surface area contributed by atoms with Crippen LogP contribution in [-0.2, 0) is 13.0 Å². The van der Waals surface area contributed by atoms with Gasteiger partial charge in [0.15, 0.2) is 0 Å². The molecule has 1 heterocycles. The summed E-state index contributed by atoms with van der Waals surface area (Å²) in [6.45, 7) is 15.6. The molecule has 3 N–H and O–H groups in total. The van der Waals surface area contributed by atoms with Crippen molar-refractivity contribution in [1.82, 2.24) is 10.3 Å². The van der Waals surface area contributed by atoms with Crippen molar-refractivity contribution in [2.75, 3.05) is 5.32 Å². The molecule has 3 heteroatoms. The van der Waals surface area contributed by atoms with Gasteiger partial charge in [-0.15, -0.1) is 0 Å². The van der Waals surface area contributed by atoms with Crippen LogP contribution < -0.4 is 10.6 Å². The number of hydrogen-bond acceptors (Lipinski definition) is 2. The smallest absolute Gasteiger partial charge is 0.0634 e. The van der Waals surface area contributed by atoms with Gasteiger partial charge in [-0.1, -0.05) is 172 Å². The SMILES string of the molecule is C=C/C=C\c1cccc(C2=C(NCc3[nH]c(C(C)C)cccc4ccc(C5C=C=C=CC5Nc5ccc(-c6ccccc6)cc5)cc4c3C=C)Cc3ccccc32)c1C. The highest BCUT2D eigenvalue weighted by molar-refractivity contribution is 5.91. The second kappa shape index (κ2) is 17.6. The van der Waals surface area contributed by atoms with E-state index in [0.717, 1.165) is 39.8 Å². The van der Waals surface area contributed by atoms with Crippen LogP contribution >= 0.6 is 0 Å². The van der Waals surface area contributed by atoms with Gasteiger partial charge in [0.25, 0.3) is 0 Å². The Bertz CT molecular complexity index is 2760. The van der Waals surface area contributed by atoms with Gasteiger partial charge in [-0.25, -0.2) is 0 Å². The number of fused-ring (bicyclic) bond motifs is 2. The van der Waals surface area contributed by atoms with Crippen molar-refractivity contribution in [3.05, 3.63) is 238 Å². The molecular weight excluding hydrogens is 715 g/mol. The number of nitrogens with one attached hydrogen (secondary N) is 3. The molecule has 2 unspecified atom stereocenters. The molecule has 2 aliphatic carbocycles. The first kappa shape index (κ1) is 38.8. The van der Waals surface area contributed by atoms with Gasteiger partial charge in [-0.3, -0.25) is 0 Å². The zero-order chi connectivity index (χ0) is 40.7. The molecule has 0 spiro atoms. The van der Waals surface area contributed by atoms with Gasteiger partial charge in [0.05, 0.1) is 12.6 Å². The van der Waals surface area contributed by atoms with Crippen LogP contribution in [0.1, 0.15) is 76.0 Å². The lowest BCUT2D eigenvalue weighted by Crippen LogP contribution is -2.25. The molecule has 0 radical (unpaired) electrons. The van der Waals surface area contributed by atoms with E-state index in [9.17, 15) is 0 Å². The summed E-state index contributed by atoms with van der Waals surface area (Å²) in [5.41, 5.74) is 23.3. The highest BCUT2D eigenvalue weighted by Crippen LogP contribution is 2.39. The van der Waals surface area contributed by atoms with Crippen LogP contribution in [0.4, 0.5) is 5.69 Å². The highest BCUT2D eigenvalue weighted by atomic mass is 14.9. The summed E-state index contributed by atoms with van der Waals surface area (Å²) in [4.78, 5) is 3.90. The monoisotopic (exact) mass is 765 g/mol. The van der Waals surface area contributed by atoms with Gasteiger partial charge in [0, 0.05) is 46.2 Å². The Kier molecular flexibility index (Phi) is 11.6. The van der Waals surface area contributed by atoms with Crippen LogP contribution in [0, 0.1) is 6.92 Å². The first-order valence-electron chi connectivity index (χ1n) is 20.6. The molecule has 1 aromatic heterocycles. The fraction of sp³-hybridized carbons (Fsp3) is 0.143. The predicted molar refractivity (Wildman–Crippen MR) is 252 cm³/mol. The Hall–Kier alpha value is -7.02. The van der Waals surface area contributed by atoms with Gasteiger partial charge >= 0.3 is 0 Å². The van der Waals surface area contributed by atoms with E-state index in [4.69, 9.17) is 0 Å². The van der Waals surface area contributed by atoms with E-state index in [2.05, 4.69) is 213 Å². The molecule has 0 aliphatic heterocycles. The average molecular weight is 766 g/mol. The average Bonchev–Trinajstić information content (AvgIpc) is 3.66. The maximum Gasteiger partial charge on any atom is 0.0634 e. The Balaban J connectivity index is 1.18. The fourth-order valence-electron chi connectivity index (χ4n) is 8.36. The third-order valence-corrected chi connectivity index (χ3v) is 11.6. The van der Waals surface area contributed by atoms with E-state index in [1.54, 1.807) is 0 Å². The zero-order valence-electron chi connectivity index (χ0n) is 34.2. The van der Waals surface area contributed by atoms with Crippen molar-refractivity contribution in [3.63, 3.8) is 0 Å². The van der Waals surface area contributed by atoms with Crippen molar-refractivity contribution < 1.29 is 0 Å². The van der Waals surface area contributed by atoms with Crippen molar-refractivity contribution in [3.8, 4) is 11.1 Å². The van der Waals surface area contributed by atoms with E-state index < -0.39 is 0 Å². The van der Waals surface area contributed by atoms with Crippen LogP contribution in [0.25, 0.3) is 39.6 Å². The Morgan fingerprint density at radius 1 is 0.780 bits per heavy atom. The quantitative estimate of drug-likeness (QED) is 0.0858. The molecule has 59 heavy (non-hydrogen) atoms. The van der Waals surface area contributed by atoms with Crippen LogP contribution in [0.15, 0.2) is 188 Å². The van der Waals surface area contributed by atoms with Gasteiger partial charge in [0.1, 0.15) is 0 Å². The lowest BCUT2D eigenvalue weighted by molar-refractivity contribution is 0.749. The second-order valence-electron chi connectivity index (χ2n) is 15.6. The van der Waals surface area contributed by atoms with Crippen molar-refractivity contribution in [2.45, 2.75) is 51.6 Å². The molecule has 0 saturated heterocycles. The summed E-state index contributed by atoms with van der Waals surface area (Å²) < 4.78 is 0. The number of anilines is 1. The number of hydrogen-bond donors (Lipinski definition) is 3. The van der Waals surface area contributed by atoms with E-state index in [1.807, 2.05) is 18.2 Å². The number of rotatable bonds is 12. The molecule has 0 amide bonds. The maximum absolute atomic E-state index is 4.43. The summed E-state index contributed by atoms with van der Waals surface area (Å²) in [5.74, 6) is 0.332. The van der Waals surface area contributed by atoms with Crippen molar-refractivity contribution >= 4 is 34.2 Å². The topological polar surface area (TPSA) is 39.9 Å². The van der Waals surface area contributed by atoms with Crippen LogP contribution in [0.5, 0.6) is 0 Å². The first-order chi connectivity index (χ1) is 28.9. The van der Waals surface area contributed by atoms with E-state index >= 15 is 0 Å². The lowest BCUT2D eigenvalue weighted by Gasteiger charge is -2.25. The molecule has 0 saturated carbocycles. The number of allylic oxidation sites excluding steroid dienone is 3. The van der Waals surface area contributed by atoms with Crippen LogP contribution in [0.2, 0.25) is 0 Å². The fourth-order valence-corrected chi connectivity index (χ4v) is 8.36. The minimum Gasteiger partial charge on any atom is -0.382 e. The number of benzene rings is 5. The lowest BCUT2D eigenvalue weighted by atomic mass is 9.87. The first-order valence-corrected chi connectivity index (χ1v) is 20.6. The van der Waals surface area contributed by atoms with Crippen molar-refractivity contribution in [1.29, 1.82) is 0 Å². The molecule has 6 aromatic rings. The van der Waals surface area contributed by atoms with Gasteiger partial charge in [-0.05, 0) is 105 Å². The third-order valence-electron chi connectivity index (χ3n) is 11.6. The van der Waals surface area contributed by atoms with Gasteiger partial charge in [0.2, 0.25) is 0 Å². The molecule has 5 aromatic carbocycles. The molecule has 2 atom stereocenters. The highest BCUT2D eigenvalue weighted by Gasteiger charge is 2.25. The largest absolute Gasteiger partial charge is 0.382 e. The molecule has 290 valence electrons. The van der Waals surface area contributed by atoms with Gasteiger partial charge in [-0.2, -0.15) is 0 Å². The summed E-state index contributed by atoms with van der Waals surface area (Å²) in [5, 5.41) is 10.0. The molecule has 2 aliphatic rings. The van der Waals surface area contributed by atoms with E-state index in [1.165, 1.54) is 55.8 Å². The molecule has 8 rings (SSSR count). The van der Waals surface area contributed by atoms with Crippen LogP contribution in [-0.4, -0.2) is 11.0 Å². The minimum atomic E-state index is -0.00281. The Morgan fingerprint density at radius 3 is 2.32 bits per heavy atom. The summed E-state index contributed by atoms with van der Waals surface area (Å²) >= 11 is 0. The number of aromatic nitrogens is 1. The maximum atomic E-state index is 4.43. The molecule has 0 fully saturated rings. The summed E-state index contributed by atoms with van der Waals surface area (Å²) in [6.07, 6.45) is 13.1. The Morgan fingerprint density at radius 2 is 1.53 bits per heavy atom. The zero-order valence-corrected chi connectivity index (χ0v) is 34.2. The molecule has 3 nitrogen and oxygen atoms in total. The molecular formula is C56H51N3. The second-order valence-corrected chi connectivity index (χ2v) is 15.6. The molecule has 0 bridgehead atoms. The third kappa shape index (κ3) is 8.36. The summed E-state index contributed by atoms with van der Waals surface area (Å²) in [7, 11) is 0. The summed E-state index contributed by atoms with van der Waals surface area (Å²) in [6, 6.07) is 48.0. The normalized spacial score (nSPS) is 15.5. The minimum absolute atomic E-state index is 0.00281. The Labute approximate surface area is 349 Å². The van der Waals surface area contributed by atoms with Gasteiger partial charge < -0.3 is 15.6 Å². The standard InChI is InChI=1S/C56H51N3/c1-6-8-18-40-22-16-26-48(39(40)5)56-50-25-13-12-21-44(50)36-54(56)57-37-55-47(7-2)51-35-45(30-29-43(51)23-17-28-52(59-55)38(3)4)49-24-14-15-27-53(49)58-46-33-31-42(32-34-46)41-19-10-9-11-20-41/h6-13,16-35,38,49,53,57-59H,1-2,36-37H2,3-5H3/b18-8-,23-17?,52-28?,55-47?. The predicted octanol–water partition coefficient (Wildman–Crippen LogP) is 13.8. The van der Waals surface area contributed by atoms with Crippen molar-refractivity contribution in [2.24, 2.45) is 0 Å². The van der Waals surface area contributed by atoms with Crippen LogP contribution in [0.3, 0.4) is 0 Å². The van der Waals surface area contributed by atoms with E-state index in [-0.39, 0.29) is 17.9 Å². The number of H-pyrrole nitrogens is 1. The number of aromatic amines is 1.